The highest BCUT2D eigenvalue weighted by Gasteiger charge is 2.17. The first-order valence-electron chi connectivity index (χ1n) is 7.13. The van der Waals surface area contributed by atoms with Crippen molar-refractivity contribution in [3.63, 3.8) is 0 Å². The Kier molecular flexibility index (Phi) is 3.38. The number of carbonyl (C=O) groups excluding carboxylic acids is 1. The molecule has 1 amide bonds. The molecule has 0 saturated carbocycles. The third-order valence-electron chi connectivity index (χ3n) is 3.48. The van der Waals surface area contributed by atoms with Crippen molar-refractivity contribution in [2.24, 2.45) is 0 Å². The van der Waals surface area contributed by atoms with Gasteiger partial charge in [0, 0.05) is 23.4 Å². The Hall–Kier alpha value is -3.35. The summed E-state index contributed by atoms with van der Waals surface area (Å²) in [6.45, 7) is 0.159. The molecular weight excluding hydrogens is 315 g/mol. The number of aromatic nitrogens is 1. The molecule has 1 aliphatic rings. The first-order valence-corrected chi connectivity index (χ1v) is 7.13. The molecule has 24 heavy (non-hydrogen) atoms. The van der Waals surface area contributed by atoms with Gasteiger partial charge in [-0.2, -0.15) is 0 Å². The lowest BCUT2D eigenvalue weighted by molar-refractivity contribution is 0.0988. The molecule has 2 heterocycles. The normalized spacial score (nSPS) is 12.2. The Labute approximate surface area is 135 Å². The van der Waals surface area contributed by atoms with Gasteiger partial charge >= 0.3 is 0 Å². The molecule has 1 N–H and O–H groups in total. The Morgan fingerprint density at radius 3 is 2.83 bits per heavy atom. The highest BCUT2D eigenvalue weighted by atomic mass is 19.1. The van der Waals surface area contributed by atoms with E-state index < -0.39 is 5.91 Å². The average molecular weight is 326 g/mol. The van der Waals surface area contributed by atoms with E-state index >= 15 is 0 Å². The molecule has 0 saturated heterocycles. The number of hydrogen-bond donors (Lipinski definition) is 1. The summed E-state index contributed by atoms with van der Waals surface area (Å²) in [6.07, 6.45) is 0. The van der Waals surface area contributed by atoms with Gasteiger partial charge in [0.1, 0.15) is 11.5 Å². The van der Waals surface area contributed by atoms with Crippen LogP contribution < -0.4 is 14.8 Å². The molecule has 0 unspecified atom stereocenters. The standard InChI is InChI=1S/C17H11FN2O4/c18-11-3-1-2-10(6-11)13-8-16(24-20-13)17(21)19-12-4-5-14-15(7-12)23-9-22-14/h1-8H,9H2,(H,19,21). The summed E-state index contributed by atoms with van der Waals surface area (Å²) >= 11 is 0. The quantitative estimate of drug-likeness (QED) is 0.798. The van der Waals surface area contributed by atoms with Crippen LogP contribution >= 0.6 is 0 Å². The lowest BCUT2D eigenvalue weighted by Gasteiger charge is -2.03. The number of rotatable bonds is 3. The van der Waals surface area contributed by atoms with Crippen LogP contribution in [0.25, 0.3) is 11.3 Å². The number of ether oxygens (including phenoxy) is 2. The van der Waals surface area contributed by atoms with Crippen LogP contribution in [0.1, 0.15) is 10.6 Å². The summed E-state index contributed by atoms with van der Waals surface area (Å²) in [4.78, 5) is 12.2. The van der Waals surface area contributed by atoms with E-state index in [1.165, 1.54) is 18.2 Å². The zero-order valence-electron chi connectivity index (χ0n) is 12.3. The molecule has 2 aromatic carbocycles. The topological polar surface area (TPSA) is 73.6 Å². The molecule has 3 aromatic rings. The van der Waals surface area contributed by atoms with Crippen LogP contribution in [0.3, 0.4) is 0 Å². The highest BCUT2D eigenvalue weighted by molar-refractivity contribution is 6.02. The van der Waals surface area contributed by atoms with E-state index in [1.54, 1.807) is 30.3 Å². The summed E-state index contributed by atoms with van der Waals surface area (Å²) in [5.41, 5.74) is 1.44. The lowest BCUT2D eigenvalue weighted by Crippen LogP contribution is -2.10. The van der Waals surface area contributed by atoms with Crippen molar-refractivity contribution in [3.05, 3.63) is 60.1 Å². The summed E-state index contributed by atoms with van der Waals surface area (Å²) in [5, 5.41) is 6.48. The van der Waals surface area contributed by atoms with E-state index in [1.807, 2.05) is 0 Å². The van der Waals surface area contributed by atoms with Crippen LogP contribution in [0, 0.1) is 5.82 Å². The number of benzene rings is 2. The smallest absolute Gasteiger partial charge is 0.294 e. The number of amides is 1. The van der Waals surface area contributed by atoms with Gasteiger partial charge in [0.25, 0.3) is 5.91 Å². The Balaban J connectivity index is 1.53. The Morgan fingerprint density at radius 2 is 1.96 bits per heavy atom. The number of halogens is 1. The summed E-state index contributed by atoms with van der Waals surface area (Å²) in [5.74, 6) is 0.352. The van der Waals surface area contributed by atoms with Crippen molar-refractivity contribution in [1.29, 1.82) is 0 Å². The van der Waals surface area contributed by atoms with Crippen molar-refractivity contribution < 1.29 is 23.2 Å². The summed E-state index contributed by atoms with van der Waals surface area (Å²) in [7, 11) is 0. The van der Waals surface area contributed by atoms with Crippen molar-refractivity contribution in [2.75, 3.05) is 12.1 Å². The second kappa shape index (κ2) is 5.69. The molecule has 6 nitrogen and oxygen atoms in total. The van der Waals surface area contributed by atoms with Crippen LogP contribution in [0.4, 0.5) is 10.1 Å². The fourth-order valence-electron chi connectivity index (χ4n) is 2.33. The SMILES string of the molecule is O=C(Nc1ccc2c(c1)OCO2)c1cc(-c2cccc(F)c2)no1. The molecule has 7 heteroatoms. The fraction of sp³-hybridized carbons (Fsp3) is 0.0588. The van der Waals surface area contributed by atoms with Crippen LogP contribution in [0.2, 0.25) is 0 Å². The second-order valence-electron chi connectivity index (χ2n) is 5.11. The van der Waals surface area contributed by atoms with Gasteiger partial charge in [-0.3, -0.25) is 4.79 Å². The van der Waals surface area contributed by atoms with Crippen molar-refractivity contribution in [1.82, 2.24) is 5.16 Å². The van der Waals surface area contributed by atoms with Gasteiger partial charge in [-0.1, -0.05) is 17.3 Å². The third kappa shape index (κ3) is 2.67. The van der Waals surface area contributed by atoms with E-state index in [0.29, 0.717) is 28.4 Å². The minimum absolute atomic E-state index is 0.0203. The minimum Gasteiger partial charge on any atom is -0.454 e. The van der Waals surface area contributed by atoms with E-state index in [2.05, 4.69) is 10.5 Å². The van der Waals surface area contributed by atoms with Crippen molar-refractivity contribution in [3.8, 4) is 22.8 Å². The zero-order chi connectivity index (χ0) is 16.5. The van der Waals surface area contributed by atoms with Gasteiger partial charge in [0.2, 0.25) is 12.6 Å². The van der Waals surface area contributed by atoms with Gasteiger partial charge in [-0.05, 0) is 24.3 Å². The number of carbonyl (C=O) groups is 1. The van der Waals surface area contributed by atoms with E-state index in [9.17, 15) is 9.18 Å². The van der Waals surface area contributed by atoms with Crippen LogP contribution in [0.15, 0.2) is 53.1 Å². The number of hydrogen-bond acceptors (Lipinski definition) is 5. The third-order valence-corrected chi connectivity index (χ3v) is 3.48. The number of anilines is 1. The van der Waals surface area contributed by atoms with Gasteiger partial charge in [0.15, 0.2) is 11.5 Å². The van der Waals surface area contributed by atoms with Crippen molar-refractivity contribution >= 4 is 11.6 Å². The van der Waals surface area contributed by atoms with Crippen molar-refractivity contribution in [2.45, 2.75) is 0 Å². The number of nitrogens with zero attached hydrogens (tertiary/aromatic N) is 1. The molecule has 0 fully saturated rings. The first-order chi connectivity index (χ1) is 11.7. The van der Waals surface area contributed by atoms with Gasteiger partial charge < -0.3 is 19.3 Å². The molecule has 1 aromatic heterocycles. The second-order valence-corrected chi connectivity index (χ2v) is 5.11. The summed E-state index contributed by atoms with van der Waals surface area (Å²) in [6, 6.07) is 12.4. The van der Waals surface area contributed by atoms with Crippen LogP contribution in [-0.4, -0.2) is 17.9 Å². The average Bonchev–Trinajstić information content (AvgIpc) is 3.24. The molecule has 0 atom stereocenters. The van der Waals surface area contributed by atoms with Crippen LogP contribution in [0.5, 0.6) is 11.5 Å². The summed E-state index contributed by atoms with van der Waals surface area (Å²) < 4.78 is 28.8. The van der Waals surface area contributed by atoms with Gasteiger partial charge in [-0.25, -0.2) is 4.39 Å². The lowest BCUT2D eigenvalue weighted by atomic mass is 10.1. The first kappa shape index (κ1) is 14.3. The molecule has 0 bridgehead atoms. The molecule has 1 aliphatic heterocycles. The molecule has 0 radical (unpaired) electrons. The number of fused-ring (bicyclic) bond motifs is 1. The molecular formula is C17H11FN2O4. The molecule has 0 spiro atoms. The maximum Gasteiger partial charge on any atom is 0.294 e. The minimum atomic E-state index is -0.469. The van der Waals surface area contributed by atoms with E-state index in [0.717, 1.165) is 0 Å². The maximum atomic E-state index is 13.3. The highest BCUT2D eigenvalue weighted by Crippen LogP contribution is 2.34. The van der Waals surface area contributed by atoms with Gasteiger partial charge in [0.05, 0.1) is 0 Å². The van der Waals surface area contributed by atoms with E-state index in [4.69, 9.17) is 14.0 Å². The molecule has 4 rings (SSSR count). The zero-order valence-corrected chi connectivity index (χ0v) is 12.3. The fourth-order valence-corrected chi connectivity index (χ4v) is 2.33. The largest absolute Gasteiger partial charge is 0.454 e. The Bertz CT molecular complexity index is 922. The maximum absolute atomic E-state index is 13.3. The Morgan fingerprint density at radius 1 is 1.08 bits per heavy atom. The molecule has 120 valence electrons. The monoisotopic (exact) mass is 326 g/mol. The predicted molar refractivity (Wildman–Crippen MR) is 82.4 cm³/mol. The predicted octanol–water partition coefficient (Wildman–Crippen LogP) is 3.46. The van der Waals surface area contributed by atoms with Gasteiger partial charge in [-0.15, -0.1) is 0 Å². The van der Waals surface area contributed by atoms with E-state index in [-0.39, 0.29) is 18.4 Å². The molecule has 0 aliphatic carbocycles. The number of nitrogens with one attached hydrogen (secondary N) is 1. The van der Waals surface area contributed by atoms with Crippen LogP contribution in [-0.2, 0) is 0 Å².